The average Bonchev–Trinajstić information content (AvgIpc) is 2.17. The zero-order chi connectivity index (χ0) is 12.4. The topological polar surface area (TPSA) is 24.5 Å². The highest BCUT2D eigenvalue weighted by Gasteiger charge is 2.06. The molecule has 0 heterocycles. The van der Waals surface area contributed by atoms with Gasteiger partial charge in [-0.1, -0.05) is 20.8 Å². The second kappa shape index (κ2) is 10.1. The first-order valence-corrected chi connectivity index (χ1v) is 6.44. The lowest BCUT2D eigenvalue weighted by Gasteiger charge is -2.21. The van der Waals surface area contributed by atoms with Crippen molar-refractivity contribution in [1.29, 1.82) is 0 Å². The molecule has 98 valence electrons. The van der Waals surface area contributed by atoms with Gasteiger partial charge in [-0.2, -0.15) is 0 Å². The SMILES string of the molecule is COCCCN(C)CC(C)CNCC(C)C. The van der Waals surface area contributed by atoms with E-state index >= 15 is 0 Å². The fourth-order valence-electron chi connectivity index (χ4n) is 1.79. The molecule has 0 fully saturated rings. The molecule has 0 radical (unpaired) electrons. The highest BCUT2D eigenvalue weighted by molar-refractivity contribution is 4.63. The summed E-state index contributed by atoms with van der Waals surface area (Å²) in [5.41, 5.74) is 0. The van der Waals surface area contributed by atoms with Gasteiger partial charge in [0.25, 0.3) is 0 Å². The Bertz CT molecular complexity index is 151. The lowest BCUT2D eigenvalue weighted by molar-refractivity contribution is 0.175. The monoisotopic (exact) mass is 230 g/mol. The molecule has 3 heteroatoms. The summed E-state index contributed by atoms with van der Waals surface area (Å²) in [6, 6.07) is 0. The van der Waals surface area contributed by atoms with E-state index in [1.807, 2.05) is 0 Å². The lowest BCUT2D eigenvalue weighted by atomic mass is 10.1. The molecule has 0 aromatic heterocycles. The number of hydrogen-bond donors (Lipinski definition) is 1. The highest BCUT2D eigenvalue weighted by Crippen LogP contribution is 1.98. The second-order valence-corrected chi connectivity index (χ2v) is 5.27. The molecule has 0 aliphatic heterocycles. The number of rotatable bonds is 10. The molecule has 0 spiro atoms. The number of ether oxygens (including phenoxy) is 1. The van der Waals surface area contributed by atoms with Gasteiger partial charge in [-0.3, -0.25) is 0 Å². The summed E-state index contributed by atoms with van der Waals surface area (Å²) in [6.45, 7) is 12.2. The normalized spacial score (nSPS) is 13.7. The van der Waals surface area contributed by atoms with E-state index < -0.39 is 0 Å². The van der Waals surface area contributed by atoms with Gasteiger partial charge in [0, 0.05) is 26.8 Å². The minimum atomic E-state index is 0.714. The predicted octanol–water partition coefficient (Wildman–Crippen LogP) is 1.84. The first-order valence-electron chi connectivity index (χ1n) is 6.44. The minimum absolute atomic E-state index is 0.714. The fraction of sp³-hybridized carbons (Fsp3) is 1.00. The molecule has 0 amide bonds. The summed E-state index contributed by atoms with van der Waals surface area (Å²) in [5, 5.41) is 3.51. The molecular formula is C13H30N2O. The third-order valence-corrected chi connectivity index (χ3v) is 2.56. The van der Waals surface area contributed by atoms with Crippen LogP contribution in [0.25, 0.3) is 0 Å². The fourth-order valence-corrected chi connectivity index (χ4v) is 1.79. The van der Waals surface area contributed by atoms with E-state index in [9.17, 15) is 0 Å². The van der Waals surface area contributed by atoms with Gasteiger partial charge in [0.2, 0.25) is 0 Å². The van der Waals surface area contributed by atoms with Crippen LogP contribution in [0.3, 0.4) is 0 Å². The molecule has 0 aromatic carbocycles. The predicted molar refractivity (Wildman–Crippen MR) is 70.9 cm³/mol. The Morgan fingerprint density at radius 3 is 2.44 bits per heavy atom. The maximum Gasteiger partial charge on any atom is 0.0474 e. The Morgan fingerprint density at radius 2 is 1.88 bits per heavy atom. The molecule has 1 N–H and O–H groups in total. The van der Waals surface area contributed by atoms with Gasteiger partial charge in [0.1, 0.15) is 0 Å². The first-order chi connectivity index (χ1) is 7.56. The van der Waals surface area contributed by atoms with Gasteiger partial charge >= 0.3 is 0 Å². The number of nitrogens with zero attached hydrogens (tertiary/aromatic N) is 1. The van der Waals surface area contributed by atoms with Crippen LogP contribution in [-0.4, -0.2) is 51.8 Å². The van der Waals surface area contributed by atoms with Crippen LogP contribution >= 0.6 is 0 Å². The maximum atomic E-state index is 5.05. The second-order valence-electron chi connectivity index (χ2n) is 5.27. The van der Waals surface area contributed by atoms with Gasteiger partial charge < -0.3 is 15.0 Å². The summed E-state index contributed by atoms with van der Waals surface area (Å²) in [4.78, 5) is 2.39. The third-order valence-electron chi connectivity index (χ3n) is 2.56. The molecule has 1 unspecified atom stereocenters. The van der Waals surface area contributed by atoms with Crippen molar-refractivity contribution in [2.45, 2.75) is 27.2 Å². The van der Waals surface area contributed by atoms with Crippen LogP contribution in [0.4, 0.5) is 0 Å². The van der Waals surface area contributed by atoms with Crippen LogP contribution in [-0.2, 0) is 4.74 Å². The van der Waals surface area contributed by atoms with E-state index in [2.05, 4.69) is 38.0 Å². The summed E-state index contributed by atoms with van der Waals surface area (Å²) in [7, 11) is 3.95. The third kappa shape index (κ3) is 10.4. The van der Waals surface area contributed by atoms with Crippen LogP contribution in [0.5, 0.6) is 0 Å². The minimum Gasteiger partial charge on any atom is -0.385 e. The van der Waals surface area contributed by atoms with Crippen LogP contribution < -0.4 is 5.32 Å². The quantitative estimate of drug-likeness (QED) is 0.580. The highest BCUT2D eigenvalue weighted by atomic mass is 16.5. The number of hydrogen-bond acceptors (Lipinski definition) is 3. The molecule has 0 rings (SSSR count). The van der Waals surface area contributed by atoms with Crippen LogP contribution in [0, 0.1) is 11.8 Å². The van der Waals surface area contributed by atoms with Crippen molar-refractivity contribution in [1.82, 2.24) is 10.2 Å². The van der Waals surface area contributed by atoms with Crippen molar-refractivity contribution >= 4 is 0 Å². The largest absolute Gasteiger partial charge is 0.385 e. The Labute approximate surface area is 102 Å². The molecule has 16 heavy (non-hydrogen) atoms. The summed E-state index contributed by atoms with van der Waals surface area (Å²) in [5.74, 6) is 1.46. The zero-order valence-electron chi connectivity index (χ0n) is 11.8. The maximum absolute atomic E-state index is 5.05. The Hall–Kier alpha value is -0.120. The van der Waals surface area contributed by atoms with E-state index in [1.54, 1.807) is 7.11 Å². The van der Waals surface area contributed by atoms with E-state index in [-0.39, 0.29) is 0 Å². The van der Waals surface area contributed by atoms with Crippen LogP contribution in [0.1, 0.15) is 27.2 Å². The number of nitrogens with one attached hydrogen (secondary N) is 1. The standard InChI is InChI=1S/C13H30N2O/c1-12(2)9-14-10-13(3)11-15(4)7-6-8-16-5/h12-14H,6-11H2,1-5H3. The molecule has 0 aliphatic carbocycles. The molecule has 0 aromatic rings. The molecular weight excluding hydrogens is 200 g/mol. The van der Waals surface area contributed by atoms with Crippen LogP contribution in [0.2, 0.25) is 0 Å². The van der Waals surface area contributed by atoms with Gasteiger partial charge in [-0.25, -0.2) is 0 Å². The summed E-state index contributed by atoms with van der Waals surface area (Å²) >= 11 is 0. The van der Waals surface area contributed by atoms with Gasteiger partial charge in [0.15, 0.2) is 0 Å². The van der Waals surface area contributed by atoms with Crippen molar-refractivity contribution in [3.63, 3.8) is 0 Å². The molecule has 1 atom stereocenters. The molecule has 0 bridgehead atoms. The van der Waals surface area contributed by atoms with Gasteiger partial charge in [-0.05, 0) is 38.4 Å². The molecule has 0 aliphatic rings. The molecule has 3 nitrogen and oxygen atoms in total. The van der Waals surface area contributed by atoms with E-state index in [0.29, 0.717) is 5.92 Å². The Balaban J connectivity index is 3.42. The van der Waals surface area contributed by atoms with E-state index in [1.165, 1.54) is 0 Å². The smallest absolute Gasteiger partial charge is 0.0474 e. The van der Waals surface area contributed by atoms with E-state index in [4.69, 9.17) is 4.74 Å². The number of methoxy groups -OCH3 is 1. The average molecular weight is 230 g/mol. The molecule has 0 saturated carbocycles. The molecule has 0 saturated heterocycles. The van der Waals surface area contributed by atoms with Gasteiger partial charge in [-0.15, -0.1) is 0 Å². The van der Waals surface area contributed by atoms with Crippen LogP contribution in [0.15, 0.2) is 0 Å². The van der Waals surface area contributed by atoms with Crippen molar-refractivity contribution in [3.8, 4) is 0 Å². The Morgan fingerprint density at radius 1 is 1.19 bits per heavy atom. The lowest BCUT2D eigenvalue weighted by Crippen LogP contribution is -2.33. The first kappa shape index (κ1) is 15.9. The van der Waals surface area contributed by atoms with Gasteiger partial charge in [0.05, 0.1) is 0 Å². The van der Waals surface area contributed by atoms with Crippen molar-refractivity contribution in [2.75, 3.05) is 46.9 Å². The summed E-state index contributed by atoms with van der Waals surface area (Å²) in [6.07, 6.45) is 1.12. The Kier molecular flexibility index (Phi) is 9.99. The van der Waals surface area contributed by atoms with Crippen molar-refractivity contribution in [2.24, 2.45) is 11.8 Å². The summed E-state index contributed by atoms with van der Waals surface area (Å²) < 4.78 is 5.05. The van der Waals surface area contributed by atoms with E-state index in [0.717, 1.165) is 45.1 Å². The van der Waals surface area contributed by atoms with Crippen molar-refractivity contribution < 1.29 is 4.74 Å². The van der Waals surface area contributed by atoms with Crippen molar-refractivity contribution in [3.05, 3.63) is 0 Å². The zero-order valence-corrected chi connectivity index (χ0v) is 11.8.